The Morgan fingerprint density at radius 2 is 1.80 bits per heavy atom. The molecule has 0 aromatic heterocycles. The Morgan fingerprint density at radius 1 is 1.20 bits per heavy atom. The number of hydrogen-bond acceptors (Lipinski definition) is 3. The molecule has 1 aromatic carbocycles. The van der Waals surface area contributed by atoms with Crippen LogP contribution < -0.4 is 10.5 Å². The van der Waals surface area contributed by atoms with Crippen molar-refractivity contribution >= 4 is 16.1 Å². The highest BCUT2D eigenvalue weighted by Gasteiger charge is 2.16. The molecule has 110 valence electrons. The zero-order valence-electron chi connectivity index (χ0n) is 11.2. The average Bonchev–Trinajstić information content (AvgIpc) is 2.92. The molecule has 6 nitrogen and oxygen atoms in total. The van der Waals surface area contributed by atoms with E-state index in [1.54, 1.807) is 12.1 Å². The van der Waals surface area contributed by atoms with Crippen LogP contribution >= 0.6 is 0 Å². The molecule has 20 heavy (non-hydrogen) atoms. The summed E-state index contributed by atoms with van der Waals surface area (Å²) < 4.78 is 22.2. The lowest BCUT2D eigenvalue weighted by molar-refractivity contribution is 0.209. The second-order valence-corrected chi connectivity index (χ2v) is 6.43. The Labute approximate surface area is 119 Å². The lowest BCUT2D eigenvalue weighted by Crippen LogP contribution is -2.38. The summed E-state index contributed by atoms with van der Waals surface area (Å²) in [6, 6.07) is 6.35. The van der Waals surface area contributed by atoms with Crippen LogP contribution in [-0.2, 0) is 16.4 Å². The first kappa shape index (κ1) is 14.8. The lowest BCUT2D eigenvalue weighted by Gasteiger charge is -2.16. The number of amides is 2. The maximum Gasteiger partial charge on any atom is 0.317 e. The number of nitrogens with two attached hydrogens (primary N) is 1. The molecule has 1 aromatic rings. The van der Waals surface area contributed by atoms with Crippen LogP contribution in [0.2, 0.25) is 0 Å². The third kappa shape index (κ3) is 3.94. The second kappa shape index (κ2) is 6.23. The first-order valence-electron chi connectivity index (χ1n) is 6.61. The van der Waals surface area contributed by atoms with E-state index >= 15 is 0 Å². The van der Waals surface area contributed by atoms with Gasteiger partial charge in [0.15, 0.2) is 0 Å². The summed E-state index contributed by atoms with van der Waals surface area (Å²) in [6.45, 7) is 2.19. The van der Waals surface area contributed by atoms with E-state index in [0.29, 0.717) is 13.0 Å². The maximum atomic E-state index is 11.7. The molecular formula is C13H19N3O3S. The monoisotopic (exact) mass is 297 g/mol. The van der Waals surface area contributed by atoms with Gasteiger partial charge in [-0.05, 0) is 37.0 Å². The Bertz CT molecular complexity index is 563. The van der Waals surface area contributed by atoms with Crippen molar-refractivity contribution in [1.82, 2.24) is 10.2 Å². The molecule has 0 unspecified atom stereocenters. The van der Waals surface area contributed by atoms with Gasteiger partial charge < -0.3 is 10.2 Å². The molecule has 3 N–H and O–H groups in total. The van der Waals surface area contributed by atoms with Gasteiger partial charge in [-0.1, -0.05) is 12.1 Å². The number of nitrogens with zero attached hydrogens (tertiary/aromatic N) is 1. The summed E-state index contributed by atoms with van der Waals surface area (Å²) in [4.78, 5) is 13.6. The fourth-order valence-electron chi connectivity index (χ4n) is 2.19. The summed E-state index contributed by atoms with van der Waals surface area (Å²) in [5, 5.41) is 7.89. The van der Waals surface area contributed by atoms with E-state index < -0.39 is 10.0 Å². The second-order valence-electron chi connectivity index (χ2n) is 4.87. The smallest absolute Gasteiger partial charge is 0.317 e. The van der Waals surface area contributed by atoms with E-state index in [-0.39, 0.29) is 10.9 Å². The number of benzene rings is 1. The number of rotatable bonds is 4. The van der Waals surface area contributed by atoms with Gasteiger partial charge in [0.25, 0.3) is 0 Å². The normalized spacial score (nSPS) is 15.3. The number of carbonyl (C=O) groups is 1. The predicted octanol–water partition coefficient (Wildman–Crippen LogP) is 0.682. The first-order valence-corrected chi connectivity index (χ1v) is 8.16. The number of likely N-dealkylation sites (tertiary alicyclic amines) is 1. The molecule has 1 heterocycles. The van der Waals surface area contributed by atoms with Crippen molar-refractivity contribution in [3.8, 4) is 0 Å². The third-order valence-electron chi connectivity index (χ3n) is 3.34. The van der Waals surface area contributed by atoms with Gasteiger partial charge in [-0.25, -0.2) is 18.4 Å². The minimum atomic E-state index is -3.64. The standard InChI is InChI=1S/C13H19N3O3S/c14-20(18,19)12-5-3-11(4-6-12)7-8-15-13(17)16-9-1-2-10-16/h3-6H,1-2,7-10H2,(H,15,17)(H2,14,18,19). The Hall–Kier alpha value is -1.60. The molecule has 0 radical (unpaired) electrons. The highest BCUT2D eigenvalue weighted by Crippen LogP contribution is 2.09. The molecule has 1 fully saturated rings. The Morgan fingerprint density at radius 3 is 2.35 bits per heavy atom. The van der Waals surface area contributed by atoms with E-state index in [0.717, 1.165) is 31.5 Å². The molecule has 0 aliphatic carbocycles. The minimum Gasteiger partial charge on any atom is -0.338 e. The number of urea groups is 1. The van der Waals surface area contributed by atoms with E-state index in [1.807, 2.05) is 4.90 Å². The van der Waals surface area contributed by atoms with Gasteiger partial charge in [-0.3, -0.25) is 0 Å². The topological polar surface area (TPSA) is 92.5 Å². The van der Waals surface area contributed by atoms with Crippen LogP contribution in [0.1, 0.15) is 18.4 Å². The fraction of sp³-hybridized carbons (Fsp3) is 0.462. The number of nitrogens with one attached hydrogen (secondary N) is 1. The van der Waals surface area contributed by atoms with Crippen molar-refractivity contribution in [1.29, 1.82) is 0 Å². The number of carbonyl (C=O) groups excluding carboxylic acids is 1. The number of primary sulfonamides is 1. The first-order chi connectivity index (χ1) is 9.47. The SMILES string of the molecule is NS(=O)(=O)c1ccc(CCNC(=O)N2CCCC2)cc1. The van der Waals surface area contributed by atoms with Gasteiger partial charge in [0, 0.05) is 19.6 Å². The summed E-state index contributed by atoms with van der Waals surface area (Å²) in [6.07, 6.45) is 2.80. The van der Waals surface area contributed by atoms with Crippen LogP contribution in [-0.4, -0.2) is 39.0 Å². The van der Waals surface area contributed by atoms with Gasteiger partial charge >= 0.3 is 6.03 Å². The van der Waals surface area contributed by atoms with Gasteiger partial charge in [0.05, 0.1) is 4.90 Å². The summed E-state index contributed by atoms with van der Waals surface area (Å²) in [5.74, 6) is 0. The van der Waals surface area contributed by atoms with Gasteiger partial charge in [0.1, 0.15) is 0 Å². The number of hydrogen-bond donors (Lipinski definition) is 2. The van der Waals surface area contributed by atoms with Gasteiger partial charge in [-0.15, -0.1) is 0 Å². The lowest BCUT2D eigenvalue weighted by atomic mass is 10.1. The van der Waals surface area contributed by atoms with Crippen LogP contribution in [0.5, 0.6) is 0 Å². The molecular weight excluding hydrogens is 278 g/mol. The van der Waals surface area contributed by atoms with Crippen molar-refractivity contribution < 1.29 is 13.2 Å². The van der Waals surface area contributed by atoms with Crippen molar-refractivity contribution in [2.24, 2.45) is 5.14 Å². The van der Waals surface area contributed by atoms with Crippen LogP contribution in [0.25, 0.3) is 0 Å². The molecule has 1 aliphatic heterocycles. The van der Waals surface area contributed by atoms with Crippen LogP contribution in [0, 0.1) is 0 Å². The van der Waals surface area contributed by atoms with Crippen molar-refractivity contribution in [3.63, 3.8) is 0 Å². The van der Waals surface area contributed by atoms with Gasteiger partial charge in [-0.2, -0.15) is 0 Å². The minimum absolute atomic E-state index is 0.0244. The molecule has 0 bridgehead atoms. The van der Waals surface area contributed by atoms with Crippen LogP contribution in [0.3, 0.4) is 0 Å². The zero-order chi connectivity index (χ0) is 14.6. The predicted molar refractivity (Wildman–Crippen MR) is 75.7 cm³/mol. The average molecular weight is 297 g/mol. The van der Waals surface area contributed by atoms with Crippen molar-refractivity contribution in [2.75, 3.05) is 19.6 Å². The Kier molecular flexibility index (Phi) is 4.61. The van der Waals surface area contributed by atoms with E-state index in [9.17, 15) is 13.2 Å². The molecule has 0 saturated carbocycles. The highest BCUT2D eigenvalue weighted by atomic mass is 32.2. The van der Waals surface area contributed by atoms with Crippen molar-refractivity contribution in [2.45, 2.75) is 24.2 Å². The van der Waals surface area contributed by atoms with Gasteiger partial charge in [0.2, 0.25) is 10.0 Å². The largest absolute Gasteiger partial charge is 0.338 e. The summed E-state index contributed by atoms with van der Waals surface area (Å²) in [7, 11) is -3.64. The maximum absolute atomic E-state index is 11.7. The molecule has 2 rings (SSSR count). The van der Waals surface area contributed by atoms with E-state index in [4.69, 9.17) is 5.14 Å². The van der Waals surface area contributed by atoms with E-state index in [2.05, 4.69) is 5.32 Å². The third-order valence-corrected chi connectivity index (χ3v) is 4.26. The Balaban J connectivity index is 1.81. The summed E-state index contributed by atoms with van der Waals surface area (Å²) in [5.41, 5.74) is 0.958. The highest BCUT2D eigenvalue weighted by molar-refractivity contribution is 7.89. The molecule has 0 spiro atoms. The molecule has 2 amide bonds. The van der Waals surface area contributed by atoms with Crippen LogP contribution in [0.15, 0.2) is 29.2 Å². The fourth-order valence-corrected chi connectivity index (χ4v) is 2.71. The summed E-state index contributed by atoms with van der Waals surface area (Å²) >= 11 is 0. The van der Waals surface area contributed by atoms with E-state index in [1.165, 1.54) is 12.1 Å². The van der Waals surface area contributed by atoms with Crippen LogP contribution in [0.4, 0.5) is 4.79 Å². The molecule has 7 heteroatoms. The van der Waals surface area contributed by atoms with Crippen molar-refractivity contribution in [3.05, 3.63) is 29.8 Å². The quantitative estimate of drug-likeness (QED) is 0.856. The number of sulfonamides is 1. The zero-order valence-corrected chi connectivity index (χ0v) is 12.0. The molecule has 0 atom stereocenters. The molecule has 1 aliphatic rings. The molecule has 1 saturated heterocycles.